The quantitative estimate of drug-likeness (QED) is 0.459. The second kappa shape index (κ2) is 7.33. The van der Waals surface area contributed by atoms with Gasteiger partial charge in [0.15, 0.2) is 0 Å². The zero-order valence-corrected chi connectivity index (χ0v) is 16.3. The van der Waals surface area contributed by atoms with Gasteiger partial charge >= 0.3 is 6.18 Å². The molecule has 0 saturated heterocycles. The van der Waals surface area contributed by atoms with Gasteiger partial charge < -0.3 is 5.32 Å². The van der Waals surface area contributed by atoms with Gasteiger partial charge in [-0.25, -0.2) is 4.98 Å². The van der Waals surface area contributed by atoms with Crippen LogP contribution in [0.25, 0.3) is 16.9 Å². The first kappa shape index (κ1) is 19.7. The van der Waals surface area contributed by atoms with E-state index in [0.29, 0.717) is 11.3 Å². The first-order chi connectivity index (χ1) is 14.2. The van der Waals surface area contributed by atoms with Gasteiger partial charge in [0.1, 0.15) is 17.0 Å². The van der Waals surface area contributed by atoms with Crippen molar-refractivity contribution in [2.75, 3.05) is 5.32 Å². The summed E-state index contributed by atoms with van der Waals surface area (Å²) in [5.74, 6) is -0.539. The first-order valence-electron chi connectivity index (χ1n) is 9.27. The summed E-state index contributed by atoms with van der Waals surface area (Å²) in [6.45, 7) is 3.84. The minimum Gasteiger partial charge on any atom is -0.321 e. The van der Waals surface area contributed by atoms with Crippen molar-refractivity contribution in [1.82, 2.24) is 9.38 Å². The molecule has 0 atom stereocenters. The molecule has 4 rings (SSSR count). The molecule has 7 heteroatoms. The second-order valence-electron chi connectivity index (χ2n) is 7.14. The standard InChI is InChI=1S/C23H18F3N3O/c1-14-6-9-16(10-7-14)20-21(29-13-15(2)8-11-19(29)28-20)22(30)27-18-5-3-4-17(12-18)23(24,25)26/h3-13H,1-2H3,(H,27,30). The van der Waals surface area contributed by atoms with E-state index in [9.17, 15) is 18.0 Å². The number of amides is 1. The summed E-state index contributed by atoms with van der Waals surface area (Å²) >= 11 is 0. The third kappa shape index (κ3) is 3.78. The van der Waals surface area contributed by atoms with Crippen LogP contribution in [-0.4, -0.2) is 15.3 Å². The molecule has 0 bridgehead atoms. The lowest BCUT2D eigenvalue weighted by atomic mass is 10.1. The molecule has 0 fully saturated rings. The molecule has 0 spiro atoms. The molecule has 4 aromatic rings. The van der Waals surface area contributed by atoms with E-state index in [4.69, 9.17) is 0 Å². The number of hydrogen-bond acceptors (Lipinski definition) is 2. The largest absolute Gasteiger partial charge is 0.416 e. The predicted octanol–water partition coefficient (Wildman–Crippen LogP) is 5.89. The molecule has 1 N–H and O–H groups in total. The van der Waals surface area contributed by atoms with Crippen LogP contribution in [0.4, 0.5) is 18.9 Å². The monoisotopic (exact) mass is 409 g/mol. The molecule has 0 radical (unpaired) electrons. The van der Waals surface area contributed by atoms with Crippen LogP contribution in [0.1, 0.15) is 27.2 Å². The van der Waals surface area contributed by atoms with Crippen LogP contribution >= 0.6 is 0 Å². The maximum atomic E-state index is 13.2. The number of carbonyl (C=O) groups excluding carboxylic acids is 1. The fourth-order valence-electron chi connectivity index (χ4n) is 3.24. The van der Waals surface area contributed by atoms with Crippen molar-refractivity contribution in [3.8, 4) is 11.3 Å². The summed E-state index contributed by atoms with van der Waals surface area (Å²) in [5.41, 5.74) is 3.26. The van der Waals surface area contributed by atoms with Crippen molar-refractivity contribution in [3.63, 3.8) is 0 Å². The van der Waals surface area contributed by atoms with Gasteiger partial charge in [-0.3, -0.25) is 9.20 Å². The smallest absolute Gasteiger partial charge is 0.321 e. The Morgan fingerprint density at radius 3 is 2.37 bits per heavy atom. The van der Waals surface area contributed by atoms with E-state index in [1.165, 1.54) is 12.1 Å². The molecular formula is C23H18F3N3O. The number of benzene rings is 2. The number of fused-ring (bicyclic) bond motifs is 1. The number of rotatable bonds is 3. The van der Waals surface area contributed by atoms with Crippen molar-refractivity contribution in [2.24, 2.45) is 0 Å². The Morgan fingerprint density at radius 1 is 0.967 bits per heavy atom. The highest BCUT2D eigenvalue weighted by Crippen LogP contribution is 2.31. The minimum absolute atomic E-state index is 0.0623. The summed E-state index contributed by atoms with van der Waals surface area (Å²) in [6, 6.07) is 15.8. The number of pyridine rings is 1. The molecule has 1 amide bonds. The molecule has 2 aromatic carbocycles. The van der Waals surface area contributed by atoms with E-state index in [-0.39, 0.29) is 11.4 Å². The maximum Gasteiger partial charge on any atom is 0.416 e. The Balaban J connectivity index is 1.81. The third-order valence-electron chi connectivity index (χ3n) is 4.75. The molecule has 30 heavy (non-hydrogen) atoms. The lowest BCUT2D eigenvalue weighted by Crippen LogP contribution is -2.16. The van der Waals surface area contributed by atoms with Gasteiger partial charge in [0.25, 0.3) is 5.91 Å². The van der Waals surface area contributed by atoms with Crippen molar-refractivity contribution in [2.45, 2.75) is 20.0 Å². The Labute approximate surface area is 171 Å². The molecule has 2 heterocycles. The number of anilines is 1. The highest BCUT2D eigenvalue weighted by atomic mass is 19.4. The summed E-state index contributed by atoms with van der Waals surface area (Å²) < 4.78 is 40.7. The van der Waals surface area contributed by atoms with Crippen molar-refractivity contribution in [1.29, 1.82) is 0 Å². The lowest BCUT2D eigenvalue weighted by molar-refractivity contribution is -0.137. The summed E-state index contributed by atoms with van der Waals surface area (Å²) in [4.78, 5) is 17.8. The zero-order valence-electron chi connectivity index (χ0n) is 16.3. The fraction of sp³-hybridized carbons (Fsp3) is 0.130. The van der Waals surface area contributed by atoms with Gasteiger partial charge in [0.05, 0.1) is 5.56 Å². The first-order valence-corrected chi connectivity index (χ1v) is 9.27. The lowest BCUT2D eigenvalue weighted by Gasteiger charge is -2.11. The number of nitrogens with one attached hydrogen (secondary N) is 1. The highest BCUT2D eigenvalue weighted by Gasteiger charge is 2.30. The maximum absolute atomic E-state index is 13.2. The van der Waals surface area contributed by atoms with Crippen LogP contribution in [0.5, 0.6) is 0 Å². The predicted molar refractivity (Wildman–Crippen MR) is 109 cm³/mol. The van der Waals surface area contributed by atoms with Crippen LogP contribution in [0.3, 0.4) is 0 Å². The topological polar surface area (TPSA) is 46.4 Å². The Morgan fingerprint density at radius 2 is 1.67 bits per heavy atom. The van der Waals surface area contributed by atoms with Gasteiger partial charge in [-0.1, -0.05) is 42.0 Å². The molecule has 0 saturated carbocycles. The number of hydrogen-bond donors (Lipinski definition) is 1. The van der Waals surface area contributed by atoms with Crippen LogP contribution in [0.15, 0.2) is 66.9 Å². The van der Waals surface area contributed by atoms with Crippen LogP contribution < -0.4 is 5.32 Å². The highest BCUT2D eigenvalue weighted by molar-refractivity contribution is 6.07. The minimum atomic E-state index is -4.49. The average Bonchev–Trinajstić information content (AvgIpc) is 3.06. The van der Waals surface area contributed by atoms with Gasteiger partial charge in [-0.15, -0.1) is 0 Å². The second-order valence-corrected chi connectivity index (χ2v) is 7.14. The van der Waals surface area contributed by atoms with Gasteiger partial charge in [-0.2, -0.15) is 13.2 Å². The van der Waals surface area contributed by atoms with Crippen molar-refractivity contribution >= 4 is 17.2 Å². The SMILES string of the molecule is Cc1ccc(-c2nc3ccc(C)cn3c2C(=O)Nc2cccc(C(F)(F)F)c2)cc1. The summed E-state index contributed by atoms with van der Waals surface area (Å²) in [6.07, 6.45) is -2.71. The molecule has 4 nitrogen and oxygen atoms in total. The number of imidazole rings is 1. The zero-order chi connectivity index (χ0) is 21.5. The van der Waals surface area contributed by atoms with E-state index in [0.717, 1.165) is 28.8 Å². The Kier molecular flexibility index (Phi) is 4.81. The Bertz CT molecular complexity index is 1240. The number of nitrogens with zero attached hydrogens (tertiary/aromatic N) is 2. The van der Waals surface area contributed by atoms with Crippen LogP contribution in [0, 0.1) is 13.8 Å². The average molecular weight is 409 g/mol. The van der Waals surface area contributed by atoms with E-state index in [1.54, 1.807) is 16.7 Å². The molecule has 0 unspecified atom stereocenters. The van der Waals surface area contributed by atoms with Crippen LogP contribution in [0.2, 0.25) is 0 Å². The van der Waals surface area contributed by atoms with Crippen molar-refractivity contribution in [3.05, 3.63) is 89.2 Å². The molecule has 0 aliphatic heterocycles. The number of aryl methyl sites for hydroxylation is 2. The Hall–Kier alpha value is -3.61. The number of alkyl halides is 3. The number of carbonyl (C=O) groups is 1. The summed E-state index contributed by atoms with van der Waals surface area (Å²) in [7, 11) is 0. The molecule has 0 aliphatic carbocycles. The van der Waals surface area contributed by atoms with E-state index in [2.05, 4.69) is 10.3 Å². The van der Waals surface area contributed by atoms with E-state index >= 15 is 0 Å². The fourth-order valence-corrected chi connectivity index (χ4v) is 3.24. The van der Waals surface area contributed by atoms with E-state index < -0.39 is 17.6 Å². The third-order valence-corrected chi connectivity index (χ3v) is 4.75. The van der Waals surface area contributed by atoms with E-state index in [1.807, 2.05) is 44.2 Å². The normalized spacial score (nSPS) is 11.6. The van der Waals surface area contributed by atoms with Crippen LogP contribution in [-0.2, 0) is 6.18 Å². The van der Waals surface area contributed by atoms with Crippen molar-refractivity contribution < 1.29 is 18.0 Å². The summed E-state index contributed by atoms with van der Waals surface area (Å²) in [5, 5.41) is 2.59. The van der Waals surface area contributed by atoms with Gasteiger partial charge in [0, 0.05) is 17.4 Å². The number of halogens is 3. The molecule has 0 aliphatic rings. The molecule has 152 valence electrons. The van der Waals surface area contributed by atoms with Gasteiger partial charge in [-0.05, 0) is 43.7 Å². The molecular weight excluding hydrogens is 391 g/mol. The number of aromatic nitrogens is 2. The molecule has 2 aromatic heterocycles. The van der Waals surface area contributed by atoms with Gasteiger partial charge in [0.2, 0.25) is 0 Å².